The minimum absolute atomic E-state index is 0.0591. The van der Waals surface area contributed by atoms with Crippen LogP contribution in [0.1, 0.15) is 41.3 Å². The fourth-order valence-corrected chi connectivity index (χ4v) is 3.58. The molecule has 0 aliphatic carbocycles. The summed E-state index contributed by atoms with van der Waals surface area (Å²) in [6, 6.07) is 4.10. The quantitative estimate of drug-likeness (QED) is 0.869. The zero-order valence-electron chi connectivity index (χ0n) is 13.9. The summed E-state index contributed by atoms with van der Waals surface area (Å²) in [5, 5.41) is 7.86. The zero-order chi connectivity index (χ0) is 17.1. The Morgan fingerprint density at radius 3 is 3.00 bits per heavy atom. The third-order valence-electron chi connectivity index (χ3n) is 4.11. The highest BCUT2D eigenvalue weighted by atomic mass is 32.1. The summed E-state index contributed by atoms with van der Waals surface area (Å²) in [5.74, 6) is -0.133. The standard InChI is InChI=1S/C17H22N4O2S/c1-11(2)20-16(22)12-5-6-14-15(19-10-21(14)9-12)17(23)18-8-13-4-3-7-24-13/h3-4,7,10-12H,5-6,8-9H2,1-2H3,(H,18,23)(H,20,22). The molecule has 2 amide bonds. The van der Waals surface area contributed by atoms with Crippen LogP contribution in [0, 0.1) is 5.92 Å². The van der Waals surface area contributed by atoms with Gasteiger partial charge in [0.1, 0.15) is 5.69 Å². The van der Waals surface area contributed by atoms with Crippen molar-refractivity contribution in [1.82, 2.24) is 20.2 Å². The van der Waals surface area contributed by atoms with Crippen LogP contribution in [0.5, 0.6) is 0 Å². The molecular formula is C17H22N4O2S. The SMILES string of the molecule is CC(C)NC(=O)C1CCc2c(C(=O)NCc3cccs3)ncn2C1. The van der Waals surface area contributed by atoms with E-state index in [1.54, 1.807) is 17.7 Å². The molecule has 0 spiro atoms. The number of nitrogens with zero attached hydrogens (tertiary/aromatic N) is 2. The van der Waals surface area contributed by atoms with Crippen LogP contribution in [-0.4, -0.2) is 27.4 Å². The molecule has 0 saturated heterocycles. The number of carbonyl (C=O) groups excluding carboxylic acids is 2. The van der Waals surface area contributed by atoms with Gasteiger partial charge in [-0.05, 0) is 38.1 Å². The highest BCUT2D eigenvalue weighted by Gasteiger charge is 2.28. The van der Waals surface area contributed by atoms with E-state index in [-0.39, 0.29) is 23.8 Å². The Labute approximate surface area is 145 Å². The smallest absolute Gasteiger partial charge is 0.272 e. The largest absolute Gasteiger partial charge is 0.354 e. The second-order valence-corrected chi connectivity index (χ2v) is 7.39. The highest BCUT2D eigenvalue weighted by molar-refractivity contribution is 7.09. The maximum absolute atomic E-state index is 12.4. The molecule has 1 atom stereocenters. The van der Waals surface area contributed by atoms with Crippen LogP contribution >= 0.6 is 11.3 Å². The molecule has 0 fully saturated rings. The molecule has 2 aromatic rings. The van der Waals surface area contributed by atoms with Gasteiger partial charge in [-0.3, -0.25) is 9.59 Å². The van der Waals surface area contributed by atoms with Gasteiger partial charge in [-0.1, -0.05) is 6.07 Å². The van der Waals surface area contributed by atoms with Crippen LogP contribution in [0.3, 0.4) is 0 Å². The summed E-state index contributed by atoms with van der Waals surface area (Å²) in [5.41, 5.74) is 1.40. The maximum Gasteiger partial charge on any atom is 0.272 e. The van der Waals surface area contributed by atoms with Crippen molar-refractivity contribution in [3.8, 4) is 0 Å². The molecule has 1 aliphatic rings. The first-order chi connectivity index (χ1) is 11.5. The normalized spacial score (nSPS) is 16.7. The molecule has 1 aliphatic heterocycles. The lowest BCUT2D eigenvalue weighted by atomic mass is 9.96. The van der Waals surface area contributed by atoms with Crippen LogP contribution in [0.15, 0.2) is 23.8 Å². The number of hydrogen-bond donors (Lipinski definition) is 2. The summed E-state index contributed by atoms with van der Waals surface area (Å²) in [4.78, 5) is 29.9. The van der Waals surface area contributed by atoms with Crippen molar-refractivity contribution in [2.24, 2.45) is 5.92 Å². The van der Waals surface area contributed by atoms with Crippen molar-refractivity contribution in [2.75, 3.05) is 0 Å². The lowest BCUT2D eigenvalue weighted by Gasteiger charge is -2.24. The Kier molecular flexibility index (Phi) is 4.99. The second kappa shape index (κ2) is 7.17. The summed E-state index contributed by atoms with van der Waals surface area (Å²) in [7, 11) is 0. The average molecular weight is 346 g/mol. The molecule has 24 heavy (non-hydrogen) atoms. The van der Waals surface area contributed by atoms with Crippen LogP contribution in [0.25, 0.3) is 0 Å². The Balaban J connectivity index is 1.64. The van der Waals surface area contributed by atoms with Gasteiger partial charge in [0.05, 0.1) is 24.5 Å². The number of amides is 2. The first-order valence-corrected chi connectivity index (χ1v) is 9.07. The van der Waals surface area contributed by atoms with Gasteiger partial charge in [-0.25, -0.2) is 4.98 Å². The molecule has 3 rings (SSSR count). The predicted molar refractivity (Wildman–Crippen MR) is 92.8 cm³/mol. The van der Waals surface area contributed by atoms with Crippen molar-refractivity contribution in [3.05, 3.63) is 40.1 Å². The average Bonchev–Trinajstić information content (AvgIpc) is 3.20. The number of hydrogen-bond acceptors (Lipinski definition) is 4. The molecule has 2 N–H and O–H groups in total. The minimum atomic E-state index is -0.151. The molecule has 1 unspecified atom stereocenters. The van der Waals surface area contributed by atoms with Crippen molar-refractivity contribution in [2.45, 2.75) is 45.8 Å². The number of thiophene rings is 1. The van der Waals surface area contributed by atoms with Crippen molar-refractivity contribution in [3.63, 3.8) is 0 Å². The van der Waals surface area contributed by atoms with Gasteiger partial charge in [-0.2, -0.15) is 0 Å². The Bertz CT molecular complexity index is 721. The van der Waals surface area contributed by atoms with E-state index in [0.29, 0.717) is 25.2 Å². The first kappa shape index (κ1) is 16.7. The topological polar surface area (TPSA) is 76.0 Å². The molecule has 128 valence electrons. The van der Waals surface area contributed by atoms with Gasteiger partial charge >= 0.3 is 0 Å². The number of rotatable bonds is 5. The van der Waals surface area contributed by atoms with Crippen LogP contribution in [0.4, 0.5) is 0 Å². The Morgan fingerprint density at radius 1 is 1.46 bits per heavy atom. The number of imidazole rings is 1. The molecule has 6 nitrogen and oxygen atoms in total. The number of fused-ring (bicyclic) bond motifs is 1. The van der Waals surface area contributed by atoms with Crippen LogP contribution in [-0.2, 0) is 24.3 Å². The minimum Gasteiger partial charge on any atom is -0.354 e. The number of aromatic nitrogens is 2. The van der Waals surface area contributed by atoms with Gasteiger partial charge in [-0.15, -0.1) is 11.3 Å². The molecule has 0 bridgehead atoms. The molecular weight excluding hydrogens is 324 g/mol. The van der Waals surface area contributed by atoms with Gasteiger partial charge < -0.3 is 15.2 Å². The molecule has 7 heteroatoms. The van der Waals surface area contributed by atoms with E-state index in [1.807, 2.05) is 35.9 Å². The molecule has 0 aromatic carbocycles. The van der Waals surface area contributed by atoms with Gasteiger partial charge in [0.25, 0.3) is 5.91 Å². The third kappa shape index (κ3) is 3.67. The summed E-state index contributed by atoms with van der Waals surface area (Å²) in [6.07, 6.45) is 3.11. The highest BCUT2D eigenvalue weighted by Crippen LogP contribution is 2.23. The van der Waals surface area contributed by atoms with Crippen molar-refractivity contribution >= 4 is 23.2 Å². The third-order valence-corrected chi connectivity index (χ3v) is 4.99. The predicted octanol–water partition coefficient (Wildman–Crippen LogP) is 1.96. The molecule has 2 aromatic heterocycles. The van der Waals surface area contributed by atoms with E-state index >= 15 is 0 Å². The van der Waals surface area contributed by atoms with Crippen molar-refractivity contribution in [1.29, 1.82) is 0 Å². The second-order valence-electron chi connectivity index (χ2n) is 6.35. The van der Waals surface area contributed by atoms with Crippen LogP contribution in [0.2, 0.25) is 0 Å². The molecule has 3 heterocycles. The van der Waals surface area contributed by atoms with Gasteiger partial charge in [0.15, 0.2) is 0 Å². The van der Waals surface area contributed by atoms with E-state index < -0.39 is 0 Å². The summed E-state index contributed by atoms with van der Waals surface area (Å²) in [6.45, 7) is 5.01. The molecule has 0 saturated carbocycles. The Hall–Kier alpha value is -2.15. The van der Waals surface area contributed by atoms with Crippen LogP contribution < -0.4 is 10.6 Å². The monoisotopic (exact) mass is 346 g/mol. The first-order valence-electron chi connectivity index (χ1n) is 8.19. The van der Waals surface area contributed by atoms with E-state index in [0.717, 1.165) is 17.0 Å². The van der Waals surface area contributed by atoms with Gasteiger partial charge in [0.2, 0.25) is 5.91 Å². The van der Waals surface area contributed by atoms with E-state index in [9.17, 15) is 9.59 Å². The Morgan fingerprint density at radius 2 is 2.29 bits per heavy atom. The number of nitrogens with one attached hydrogen (secondary N) is 2. The fourth-order valence-electron chi connectivity index (χ4n) is 2.94. The lowest BCUT2D eigenvalue weighted by molar-refractivity contribution is -0.126. The molecule has 0 radical (unpaired) electrons. The van der Waals surface area contributed by atoms with E-state index in [2.05, 4.69) is 15.6 Å². The van der Waals surface area contributed by atoms with E-state index in [4.69, 9.17) is 0 Å². The van der Waals surface area contributed by atoms with Crippen molar-refractivity contribution < 1.29 is 9.59 Å². The fraction of sp³-hybridized carbons (Fsp3) is 0.471. The summed E-state index contributed by atoms with van der Waals surface area (Å²) < 4.78 is 1.94. The number of carbonyl (C=O) groups is 2. The lowest BCUT2D eigenvalue weighted by Crippen LogP contribution is -2.39. The summed E-state index contributed by atoms with van der Waals surface area (Å²) >= 11 is 1.61. The maximum atomic E-state index is 12.4. The zero-order valence-corrected chi connectivity index (χ0v) is 14.7. The van der Waals surface area contributed by atoms with Gasteiger partial charge in [0, 0.05) is 17.5 Å². The van der Waals surface area contributed by atoms with E-state index in [1.165, 1.54) is 0 Å².